The number of fused-ring (bicyclic) bond motifs is 4. The second kappa shape index (κ2) is 8.02. The molecule has 0 aromatic carbocycles. The van der Waals surface area contributed by atoms with Gasteiger partial charge < -0.3 is 14.2 Å². The lowest BCUT2D eigenvalue weighted by molar-refractivity contribution is -0.147. The van der Waals surface area contributed by atoms with Gasteiger partial charge in [-0.15, -0.1) is 0 Å². The van der Waals surface area contributed by atoms with Crippen molar-refractivity contribution in [3.05, 3.63) is 0 Å². The highest BCUT2D eigenvalue weighted by Gasteiger charge is 2.64. The second-order valence-electron chi connectivity index (χ2n) is 12.7. The predicted molar refractivity (Wildman–Crippen MR) is 125 cm³/mol. The third-order valence-electron chi connectivity index (χ3n) is 11.3. The standard InChI is InChI=1S/C26H42N2O6/c1-15(20(29)32-8)28(22(31)34-19-14-17-10-12-26(19,7)24(17,4)5)27-21(30)33-18-13-16-9-11-25(18,6)23(16,2)3/h15-19H,9-14H2,1-8H3,(H,27,30)/t15-,16-,17-,18+,19+,25+,26+/m0/s1. The van der Waals surface area contributed by atoms with E-state index in [1.165, 1.54) is 14.0 Å². The van der Waals surface area contributed by atoms with Crippen LogP contribution in [-0.4, -0.2) is 48.5 Å². The van der Waals surface area contributed by atoms with E-state index in [-0.39, 0.29) is 33.9 Å². The van der Waals surface area contributed by atoms with Crippen molar-refractivity contribution in [2.45, 2.75) is 105 Å². The zero-order valence-corrected chi connectivity index (χ0v) is 22.0. The molecule has 0 unspecified atom stereocenters. The van der Waals surface area contributed by atoms with E-state index in [2.05, 4.69) is 47.0 Å². The fraction of sp³-hybridized carbons (Fsp3) is 0.885. The van der Waals surface area contributed by atoms with E-state index < -0.39 is 24.2 Å². The first-order valence-corrected chi connectivity index (χ1v) is 12.7. The molecule has 4 saturated carbocycles. The number of rotatable bonds is 4. The molecule has 4 rings (SSSR count). The highest BCUT2D eigenvalue weighted by Crippen LogP contribution is 2.67. The number of carbonyl (C=O) groups excluding carboxylic acids is 3. The van der Waals surface area contributed by atoms with Gasteiger partial charge in [-0.1, -0.05) is 41.5 Å². The summed E-state index contributed by atoms with van der Waals surface area (Å²) in [4.78, 5) is 38.5. The first-order chi connectivity index (χ1) is 15.7. The van der Waals surface area contributed by atoms with Crippen LogP contribution in [0.1, 0.15) is 87.0 Å². The van der Waals surface area contributed by atoms with E-state index in [0.717, 1.165) is 43.5 Å². The van der Waals surface area contributed by atoms with Crippen molar-refractivity contribution in [3.8, 4) is 0 Å². The molecule has 8 nitrogen and oxygen atoms in total. The molecular weight excluding hydrogens is 436 g/mol. The minimum Gasteiger partial charge on any atom is -0.467 e. The molecule has 0 aliphatic heterocycles. The number of carbonyl (C=O) groups is 3. The molecule has 0 spiro atoms. The number of amides is 2. The summed E-state index contributed by atoms with van der Waals surface area (Å²) in [5.41, 5.74) is 2.40. The summed E-state index contributed by atoms with van der Waals surface area (Å²) in [7, 11) is 1.25. The summed E-state index contributed by atoms with van der Waals surface area (Å²) in [6.45, 7) is 14.8. The van der Waals surface area contributed by atoms with Crippen LogP contribution in [0.5, 0.6) is 0 Å². The van der Waals surface area contributed by atoms with Gasteiger partial charge in [-0.25, -0.2) is 24.8 Å². The van der Waals surface area contributed by atoms with Gasteiger partial charge in [0.05, 0.1) is 7.11 Å². The van der Waals surface area contributed by atoms with E-state index in [1.54, 1.807) is 0 Å². The average molecular weight is 479 g/mol. The molecule has 1 N–H and O–H groups in total. The lowest BCUT2D eigenvalue weighted by Gasteiger charge is -2.40. The molecule has 0 saturated heterocycles. The number of ether oxygens (including phenoxy) is 3. The van der Waals surface area contributed by atoms with E-state index >= 15 is 0 Å². The van der Waals surface area contributed by atoms with Gasteiger partial charge in [-0.2, -0.15) is 0 Å². The van der Waals surface area contributed by atoms with Crippen LogP contribution in [0.15, 0.2) is 0 Å². The monoisotopic (exact) mass is 478 g/mol. The van der Waals surface area contributed by atoms with Crippen molar-refractivity contribution in [1.82, 2.24) is 10.4 Å². The number of nitrogens with one attached hydrogen (secondary N) is 1. The van der Waals surface area contributed by atoms with Gasteiger partial charge >= 0.3 is 18.2 Å². The van der Waals surface area contributed by atoms with E-state index in [1.807, 2.05) is 0 Å². The second-order valence-corrected chi connectivity index (χ2v) is 12.7. The summed E-state index contributed by atoms with van der Waals surface area (Å²) >= 11 is 0. The maximum absolute atomic E-state index is 13.3. The first-order valence-electron chi connectivity index (χ1n) is 12.7. The Balaban J connectivity index is 1.46. The Morgan fingerprint density at radius 1 is 0.853 bits per heavy atom. The van der Waals surface area contributed by atoms with Crippen LogP contribution in [-0.2, 0) is 19.0 Å². The summed E-state index contributed by atoms with van der Waals surface area (Å²) in [6, 6.07) is -1.06. The molecule has 8 heteroatoms. The molecule has 0 radical (unpaired) electrons. The maximum Gasteiger partial charge on any atom is 0.429 e. The highest BCUT2D eigenvalue weighted by molar-refractivity contribution is 5.82. The zero-order valence-electron chi connectivity index (χ0n) is 22.0. The van der Waals surface area contributed by atoms with Crippen LogP contribution >= 0.6 is 0 Å². The molecule has 34 heavy (non-hydrogen) atoms. The molecular formula is C26H42N2O6. The van der Waals surface area contributed by atoms with Gasteiger partial charge in [-0.3, -0.25) is 0 Å². The van der Waals surface area contributed by atoms with Crippen molar-refractivity contribution in [2.75, 3.05) is 7.11 Å². The lowest BCUT2D eigenvalue weighted by Crippen LogP contribution is -2.56. The molecule has 4 aliphatic carbocycles. The quantitative estimate of drug-likeness (QED) is 0.345. The molecule has 4 bridgehead atoms. The minimum atomic E-state index is -1.06. The lowest BCUT2D eigenvalue weighted by atomic mass is 9.70. The Kier molecular flexibility index (Phi) is 5.92. The van der Waals surface area contributed by atoms with Crippen LogP contribution in [0.3, 0.4) is 0 Å². The Bertz CT molecular complexity index is 871. The van der Waals surface area contributed by atoms with Crippen molar-refractivity contribution >= 4 is 18.2 Å². The van der Waals surface area contributed by atoms with Crippen molar-refractivity contribution in [3.63, 3.8) is 0 Å². The Hall–Kier alpha value is -1.99. The number of hydrazine groups is 1. The number of methoxy groups -OCH3 is 1. The van der Waals surface area contributed by atoms with Crippen LogP contribution in [0.25, 0.3) is 0 Å². The largest absolute Gasteiger partial charge is 0.467 e. The van der Waals surface area contributed by atoms with Gasteiger partial charge in [0.15, 0.2) is 6.04 Å². The molecule has 4 fully saturated rings. The Morgan fingerprint density at radius 2 is 1.32 bits per heavy atom. The molecule has 0 aromatic rings. The van der Waals surface area contributed by atoms with Gasteiger partial charge in [0.2, 0.25) is 0 Å². The predicted octanol–water partition coefficient (Wildman–Crippen LogP) is 5.06. The Labute approximate surface area is 203 Å². The summed E-state index contributed by atoms with van der Waals surface area (Å²) in [5, 5.41) is 0.928. The van der Waals surface area contributed by atoms with Gasteiger partial charge in [-0.05, 0) is 68.1 Å². The molecule has 7 atom stereocenters. The molecule has 0 heterocycles. The topological polar surface area (TPSA) is 94.2 Å². The smallest absolute Gasteiger partial charge is 0.429 e. The number of nitrogens with zero attached hydrogens (tertiary/aromatic N) is 1. The maximum atomic E-state index is 13.3. The SMILES string of the molecule is COC(=O)[C@H](C)N(NC(=O)O[C@@H]1C[C@@H]2CC[C@@]1(C)C2(C)C)C(=O)O[C@@H]1C[C@@H]2CC[C@@]1(C)C2(C)C. The Morgan fingerprint density at radius 3 is 1.71 bits per heavy atom. The van der Waals surface area contributed by atoms with Crippen LogP contribution < -0.4 is 5.43 Å². The van der Waals surface area contributed by atoms with E-state index in [0.29, 0.717) is 11.8 Å². The van der Waals surface area contributed by atoms with Crippen LogP contribution in [0.4, 0.5) is 9.59 Å². The summed E-state index contributed by atoms with van der Waals surface area (Å²) < 4.78 is 16.6. The van der Waals surface area contributed by atoms with Gasteiger partial charge in [0, 0.05) is 10.8 Å². The van der Waals surface area contributed by atoms with Gasteiger partial charge in [0.25, 0.3) is 0 Å². The van der Waals surface area contributed by atoms with E-state index in [9.17, 15) is 14.4 Å². The third kappa shape index (κ3) is 3.41. The molecule has 192 valence electrons. The fourth-order valence-electron chi connectivity index (χ4n) is 7.63. The van der Waals surface area contributed by atoms with Crippen molar-refractivity contribution in [1.29, 1.82) is 0 Å². The zero-order chi connectivity index (χ0) is 25.3. The number of esters is 1. The van der Waals surface area contributed by atoms with Crippen LogP contribution in [0.2, 0.25) is 0 Å². The van der Waals surface area contributed by atoms with Crippen LogP contribution in [0, 0.1) is 33.5 Å². The first kappa shape index (κ1) is 25.1. The van der Waals surface area contributed by atoms with E-state index in [4.69, 9.17) is 14.2 Å². The average Bonchev–Trinajstić information content (AvgIpc) is 3.28. The van der Waals surface area contributed by atoms with Gasteiger partial charge in [0.1, 0.15) is 12.2 Å². The molecule has 2 amide bonds. The number of hydrogen-bond acceptors (Lipinski definition) is 6. The van der Waals surface area contributed by atoms with Crippen molar-refractivity contribution in [2.24, 2.45) is 33.5 Å². The third-order valence-corrected chi connectivity index (χ3v) is 11.3. The van der Waals surface area contributed by atoms with Crippen molar-refractivity contribution < 1.29 is 28.6 Å². The normalized spacial score (nSPS) is 39.4. The minimum absolute atomic E-state index is 0.0626. The number of hydrogen-bond donors (Lipinski definition) is 1. The summed E-state index contributed by atoms with van der Waals surface area (Å²) in [6.07, 6.45) is 3.84. The highest BCUT2D eigenvalue weighted by atomic mass is 16.6. The molecule has 0 aromatic heterocycles. The fourth-order valence-corrected chi connectivity index (χ4v) is 7.63. The summed E-state index contributed by atoms with van der Waals surface area (Å²) in [5.74, 6) is 0.346. The molecule has 4 aliphatic rings.